The fourth-order valence-corrected chi connectivity index (χ4v) is 3.79. The van der Waals surface area contributed by atoms with Crippen molar-refractivity contribution in [2.24, 2.45) is 0 Å². The summed E-state index contributed by atoms with van der Waals surface area (Å²) >= 11 is 3.33. The van der Waals surface area contributed by atoms with Crippen molar-refractivity contribution in [3.8, 4) is 0 Å². The summed E-state index contributed by atoms with van der Waals surface area (Å²) in [7, 11) is -3.34. The maximum Gasteiger partial charge on any atom is 0.224 e. The van der Waals surface area contributed by atoms with E-state index < -0.39 is 9.84 Å². The van der Waals surface area contributed by atoms with Crippen LogP contribution in [0.15, 0.2) is 57.9 Å². The number of halogens is 1. The number of anilines is 1. The van der Waals surface area contributed by atoms with Gasteiger partial charge in [0.15, 0.2) is 9.84 Å². The maximum atomic E-state index is 12.2. The number of benzene rings is 2. The van der Waals surface area contributed by atoms with Gasteiger partial charge in [0.25, 0.3) is 0 Å². The highest BCUT2D eigenvalue weighted by Crippen LogP contribution is 2.17. The second-order valence-corrected chi connectivity index (χ2v) is 8.32. The van der Waals surface area contributed by atoms with Gasteiger partial charge in [-0.25, -0.2) is 8.42 Å². The van der Waals surface area contributed by atoms with Crippen LogP contribution in [0.1, 0.15) is 18.4 Å². The topological polar surface area (TPSA) is 63.2 Å². The molecule has 1 amide bonds. The first kappa shape index (κ1) is 17.7. The normalized spacial score (nSPS) is 11.2. The summed E-state index contributed by atoms with van der Waals surface area (Å²) < 4.78 is 25.3. The SMILES string of the molecule is Cc1ccc(S(=O)(=O)CCCC(=O)Nc2cccc(Br)c2)cc1. The average molecular weight is 396 g/mol. The van der Waals surface area contributed by atoms with Crippen LogP contribution >= 0.6 is 15.9 Å². The van der Waals surface area contributed by atoms with Gasteiger partial charge in [-0.05, 0) is 43.7 Å². The van der Waals surface area contributed by atoms with Crippen molar-refractivity contribution < 1.29 is 13.2 Å². The predicted molar refractivity (Wildman–Crippen MR) is 95.2 cm³/mol. The van der Waals surface area contributed by atoms with E-state index in [-0.39, 0.29) is 24.5 Å². The summed E-state index contributed by atoms with van der Waals surface area (Å²) in [6, 6.07) is 14.0. The van der Waals surface area contributed by atoms with Gasteiger partial charge in [-0.2, -0.15) is 0 Å². The highest BCUT2D eigenvalue weighted by molar-refractivity contribution is 9.10. The zero-order valence-electron chi connectivity index (χ0n) is 12.8. The summed E-state index contributed by atoms with van der Waals surface area (Å²) in [6.07, 6.45) is 0.452. The minimum Gasteiger partial charge on any atom is -0.326 e. The van der Waals surface area contributed by atoms with Crippen molar-refractivity contribution in [1.82, 2.24) is 0 Å². The fraction of sp³-hybridized carbons (Fsp3) is 0.235. The lowest BCUT2D eigenvalue weighted by molar-refractivity contribution is -0.116. The number of hydrogen-bond donors (Lipinski definition) is 1. The van der Waals surface area contributed by atoms with E-state index in [0.29, 0.717) is 10.6 Å². The van der Waals surface area contributed by atoms with E-state index in [1.807, 2.05) is 19.1 Å². The first-order valence-electron chi connectivity index (χ1n) is 7.22. The smallest absolute Gasteiger partial charge is 0.224 e. The molecule has 0 aliphatic rings. The summed E-state index contributed by atoms with van der Waals surface area (Å²) in [5.74, 6) is -0.232. The molecule has 2 aromatic carbocycles. The third-order valence-electron chi connectivity index (χ3n) is 3.31. The van der Waals surface area contributed by atoms with Crippen LogP contribution in [0.5, 0.6) is 0 Å². The van der Waals surface area contributed by atoms with Crippen LogP contribution in [0, 0.1) is 6.92 Å². The first-order valence-corrected chi connectivity index (χ1v) is 9.66. The molecule has 6 heteroatoms. The van der Waals surface area contributed by atoms with Crippen molar-refractivity contribution in [1.29, 1.82) is 0 Å². The molecule has 0 heterocycles. The molecule has 2 rings (SSSR count). The van der Waals surface area contributed by atoms with E-state index in [1.165, 1.54) is 0 Å². The summed E-state index contributed by atoms with van der Waals surface area (Å²) in [4.78, 5) is 12.2. The Labute approximate surface area is 145 Å². The molecule has 0 radical (unpaired) electrons. The number of rotatable bonds is 6. The molecule has 2 aromatic rings. The Bertz CT molecular complexity index is 786. The number of nitrogens with one attached hydrogen (secondary N) is 1. The van der Waals surface area contributed by atoms with Gasteiger partial charge >= 0.3 is 0 Å². The van der Waals surface area contributed by atoms with Crippen molar-refractivity contribution in [2.75, 3.05) is 11.1 Å². The lowest BCUT2D eigenvalue weighted by Gasteiger charge is -2.07. The van der Waals surface area contributed by atoms with Crippen molar-refractivity contribution in [2.45, 2.75) is 24.7 Å². The molecular weight excluding hydrogens is 378 g/mol. The Morgan fingerprint density at radius 1 is 1.13 bits per heavy atom. The molecule has 0 aliphatic heterocycles. The minimum absolute atomic E-state index is 0.0397. The van der Waals surface area contributed by atoms with Gasteiger partial charge in [-0.15, -0.1) is 0 Å². The molecule has 0 spiro atoms. The Morgan fingerprint density at radius 2 is 1.83 bits per heavy atom. The predicted octanol–water partition coefficient (Wildman–Crippen LogP) is 3.95. The second-order valence-electron chi connectivity index (χ2n) is 5.29. The average Bonchev–Trinajstić information content (AvgIpc) is 2.47. The van der Waals surface area contributed by atoms with Crippen LogP contribution < -0.4 is 5.32 Å². The Hall–Kier alpha value is -1.66. The third-order valence-corrected chi connectivity index (χ3v) is 5.62. The zero-order chi connectivity index (χ0) is 16.9. The lowest BCUT2D eigenvalue weighted by atomic mass is 10.2. The Morgan fingerprint density at radius 3 is 2.48 bits per heavy atom. The van der Waals surface area contributed by atoms with Crippen LogP contribution in [0.2, 0.25) is 0 Å². The van der Waals surface area contributed by atoms with Gasteiger partial charge in [0.05, 0.1) is 10.6 Å². The Kier molecular flexibility index (Phi) is 5.96. The highest BCUT2D eigenvalue weighted by atomic mass is 79.9. The Balaban J connectivity index is 1.86. The second kappa shape index (κ2) is 7.75. The van der Waals surface area contributed by atoms with E-state index in [2.05, 4.69) is 21.2 Å². The molecule has 23 heavy (non-hydrogen) atoms. The third kappa shape index (κ3) is 5.48. The fourth-order valence-electron chi connectivity index (χ4n) is 2.08. The van der Waals surface area contributed by atoms with Crippen LogP contribution in [-0.2, 0) is 14.6 Å². The van der Waals surface area contributed by atoms with Gasteiger partial charge < -0.3 is 5.32 Å². The van der Waals surface area contributed by atoms with Gasteiger partial charge in [0.2, 0.25) is 5.91 Å². The van der Waals surface area contributed by atoms with Crippen molar-refractivity contribution >= 4 is 37.4 Å². The van der Waals surface area contributed by atoms with Gasteiger partial charge in [-0.1, -0.05) is 39.7 Å². The van der Waals surface area contributed by atoms with Crippen LogP contribution in [0.3, 0.4) is 0 Å². The summed E-state index contributed by atoms with van der Waals surface area (Å²) in [6.45, 7) is 1.91. The maximum absolute atomic E-state index is 12.2. The van der Waals surface area contributed by atoms with Gasteiger partial charge in [-0.3, -0.25) is 4.79 Å². The minimum atomic E-state index is -3.34. The quantitative estimate of drug-likeness (QED) is 0.804. The molecular formula is C17H18BrNO3S. The molecule has 0 bridgehead atoms. The zero-order valence-corrected chi connectivity index (χ0v) is 15.2. The van der Waals surface area contributed by atoms with E-state index in [9.17, 15) is 13.2 Å². The summed E-state index contributed by atoms with van der Waals surface area (Å²) in [5, 5.41) is 2.75. The standard InChI is InChI=1S/C17H18BrNO3S/c1-13-7-9-16(10-8-13)23(21,22)11-3-6-17(20)19-15-5-2-4-14(18)12-15/h2,4-5,7-10,12H,3,6,11H2,1H3,(H,19,20). The van der Waals surface area contributed by atoms with Crippen molar-refractivity contribution in [3.63, 3.8) is 0 Å². The van der Waals surface area contributed by atoms with Crippen LogP contribution in [0.4, 0.5) is 5.69 Å². The number of sulfone groups is 1. The van der Waals surface area contributed by atoms with Crippen LogP contribution in [0.25, 0.3) is 0 Å². The largest absolute Gasteiger partial charge is 0.326 e. The summed E-state index contributed by atoms with van der Waals surface area (Å²) in [5.41, 5.74) is 1.70. The van der Waals surface area contributed by atoms with Crippen molar-refractivity contribution in [3.05, 3.63) is 58.6 Å². The number of hydrogen-bond acceptors (Lipinski definition) is 3. The van der Waals surface area contributed by atoms with Gasteiger partial charge in [0, 0.05) is 16.6 Å². The van der Waals surface area contributed by atoms with E-state index in [4.69, 9.17) is 0 Å². The molecule has 0 atom stereocenters. The number of amides is 1. The highest BCUT2D eigenvalue weighted by Gasteiger charge is 2.14. The number of carbonyl (C=O) groups is 1. The molecule has 0 aliphatic carbocycles. The van der Waals surface area contributed by atoms with E-state index in [0.717, 1.165) is 10.0 Å². The number of aryl methyl sites for hydroxylation is 1. The van der Waals surface area contributed by atoms with E-state index >= 15 is 0 Å². The molecule has 0 fully saturated rings. The molecule has 0 unspecified atom stereocenters. The first-order chi connectivity index (χ1) is 10.9. The van der Waals surface area contributed by atoms with E-state index in [1.54, 1.807) is 36.4 Å². The van der Waals surface area contributed by atoms with Gasteiger partial charge in [0.1, 0.15) is 0 Å². The molecule has 4 nitrogen and oxygen atoms in total. The lowest BCUT2D eigenvalue weighted by Crippen LogP contribution is -2.14. The van der Waals surface area contributed by atoms with Crippen LogP contribution in [-0.4, -0.2) is 20.1 Å². The molecule has 1 N–H and O–H groups in total. The molecule has 0 saturated carbocycles. The monoisotopic (exact) mass is 395 g/mol. The molecule has 0 saturated heterocycles. The molecule has 0 aromatic heterocycles. The molecule has 122 valence electrons. The number of carbonyl (C=O) groups excluding carboxylic acids is 1.